The molecule has 3 heteroatoms. The first-order valence-electron chi connectivity index (χ1n) is 7.38. The highest BCUT2D eigenvalue weighted by Crippen LogP contribution is 2.24. The van der Waals surface area contributed by atoms with E-state index in [1.807, 2.05) is 0 Å². The van der Waals surface area contributed by atoms with Crippen LogP contribution < -0.4 is 5.32 Å². The normalized spacial score (nSPS) is 14.5. The van der Waals surface area contributed by atoms with Crippen LogP contribution in [-0.4, -0.2) is 49.8 Å². The molecule has 0 heterocycles. The summed E-state index contributed by atoms with van der Waals surface area (Å²) in [5.74, 6) is 0.721. The lowest BCUT2D eigenvalue weighted by atomic mass is 9.83. The Morgan fingerprint density at radius 2 is 1.72 bits per heavy atom. The van der Waals surface area contributed by atoms with Gasteiger partial charge in [-0.1, -0.05) is 27.7 Å². The molecule has 1 unspecified atom stereocenters. The average Bonchev–Trinajstić information content (AvgIpc) is 2.33. The monoisotopic (exact) mass is 258 g/mol. The first-order chi connectivity index (χ1) is 8.40. The van der Waals surface area contributed by atoms with Crippen molar-refractivity contribution in [1.29, 1.82) is 0 Å². The van der Waals surface area contributed by atoms with Crippen LogP contribution in [0.1, 0.15) is 47.0 Å². The summed E-state index contributed by atoms with van der Waals surface area (Å²) in [6, 6.07) is 0.579. The highest BCUT2D eigenvalue weighted by atomic mass is 16.3. The maximum absolute atomic E-state index is 9.55. The van der Waals surface area contributed by atoms with Gasteiger partial charge in [0.15, 0.2) is 0 Å². The largest absolute Gasteiger partial charge is 0.396 e. The molecule has 0 aliphatic carbocycles. The highest BCUT2D eigenvalue weighted by Gasteiger charge is 2.25. The van der Waals surface area contributed by atoms with Crippen molar-refractivity contribution in [2.45, 2.75) is 53.0 Å². The third-order valence-electron chi connectivity index (χ3n) is 4.19. The first-order valence-corrected chi connectivity index (χ1v) is 7.38. The minimum absolute atomic E-state index is 0.0642. The van der Waals surface area contributed by atoms with Gasteiger partial charge in [-0.05, 0) is 39.3 Å². The Bertz CT molecular complexity index is 192. The highest BCUT2D eigenvalue weighted by molar-refractivity contribution is 4.80. The van der Waals surface area contributed by atoms with Crippen molar-refractivity contribution in [3.8, 4) is 0 Å². The molecule has 3 nitrogen and oxygen atoms in total. The molecule has 18 heavy (non-hydrogen) atoms. The molecule has 0 aromatic carbocycles. The molecule has 0 amide bonds. The van der Waals surface area contributed by atoms with Crippen molar-refractivity contribution in [2.75, 3.05) is 33.8 Å². The fourth-order valence-corrected chi connectivity index (χ4v) is 2.30. The molecule has 0 aromatic heterocycles. The second-order valence-electron chi connectivity index (χ2n) is 6.24. The van der Waals surface area contributed by atoms with Crippen LogP contribution in [0.3, 0.4) is 0 Å². The summed E-state index contributed by atoms with van der Waals surface area (Å²) in [5.41, 5.74) is 0.0642. The SMILES string of the molecule is CCC(CC)(CO)CNCC(CC(C)C)N(C)C. The summed E-state index contributed by atoms with van der Waals surface area (Å²) < 4.78 is 0. The van der Waals surface area contributed by atoms with Crippen molar-refractivity contribution < 1.29 is 5.11 Å². The number of aliphatic hydroxyl groups excluding tert-OH is 1. The molecule has 1 atom stereocenters. The van der Waals surface area contributed by atoms with E-state index in [2.05, 4.69) is 52.0 Å². The van der Waals surface area contributed by atoms with E-state index in [0.717, 1.165) is 31.8 Å². The van der Waals surface area contributed by atoms with Gasteiger partial charge in [-0.25, -0.2) is 0 Å². The van der Waals surface area contributed by atoms with Gasteiger partial charge in [0.05, 0.1) is 0 Å². The molecule has 0 aliphatic rings. The smallest absolute Gasteiger partial charge is 0.0499 e. The van der Waals surface area contributed by atoms with Crippen LogP contribution in [0.4, 0.5) is 0 Å². The molecular weight excluding hydrogens is 224 g/mol. The second-order valence-corrected chi connectivity index (χ2v) is 6.24. The zero-order valence-corrected chi connectivity index (χ0v) is 13.3. The van der Waals surface area contributed by atoms with Crippen molar-refractivity contribution in [2.24, 2.45) is 11.3 Å². The molecule has 0 saturated carbocycles. The number of rotatable bonds is 10. The van der Waals surface area contributed by atoms with Gasteiger partial charge in [0, 0.05) is 31.2 Å². The van der Waals surface area contributed by atoms with Crippen molar-refractivity contribution in [1.82, 2.24) is 10.2 Å². The number of hydrogen-bond donors (Lipinski definition) is 2. The lowest BCUT2D eigenvalue weighted by molar-refractivity contribution is 0.110. The Morgan fingerprint density at radius 3 is 2.06 bits per heavy atom. The van der Waals surface area contributed by atoms with Gasteiger partial charge in [0.25, 0.3) is 0 Å². The fourth-order valence-electron chi connectivity index (χ4n) is 2.30. The van der Waals surface area contributed by atoms with Gasteiger partial charge in [0.2, 0.25) is 0 Å². The molecule has 2 N–H and O–H groups in total. The minimum Gasteiger partial charge on any atom is -0.396 e. The van der Waals surface area contributed by atoms with Crippen LogP contribution in [-0.2, 0) is 0 Å². The number of aliphatic hydroxyl groups is 1. The maximum Gasteiger partial charge on any atom is 0.0499 e. The first kappa shape index (κ1) is 17.9. The lowest BCUT2D eigenvalue weighted by Gasteiger charge is -2.32. The van der Waals surface area contributed by atoms with E-state index in [4.69, 9.17) is 0 Å². The van der Waals surface area contributed by atoms with E-state index in [1.54, 1.807) is 0 Å². The Morgan fingerprint density at radius 1 is 1.17 bits per heavy atom. The van der Waals surface area contributed by atoms with E-state index in [9.17, 15) is 5.11 Å². The van der Waals surface area contributed by atoms with Gasteiger partial charge in [-0.15, -0.1) is 0 Å². The Balaban J connectivity index is 4.19. The topological polar surface area (TPSA) is 35.5 Å². The summed E-state index contributed by atoms with van der Waals surface area (Å²) in [6.45, 7) is 11.1. The molecule has 0 radical (unpaired) electrons. The number of nitrogens with one attached hydrogen (secondary N) is 1. The maximum atomic E-state index is 9.55. The zero-order valence-electron chi connectivity index (χ0n) is 13.3. The van der Waals surface area contributed by atoms with E-state index < -0.39 is 0 Å². The van der Waals surface area contributed by atoms with E-state index >= 15 is 0 Å². The predicted octanol–water partition coefficient (Wildman–Crippen LogP) is 2.35. The van der Waals surface area contributed by atoms with Crippen LogP contribution >= 0.6 is 0 Å². The average molecular weight is 258 g/mol. The van der Waals surface area contributed by atoms with E-state index in [0.29, 0.717) is 6.04 Å². The van der Waals surface area contributed by atoms with Crippen LogP contribution in [0.2, 0.25) is 0 Å². The molecule has 0 aromatic rings. The second kappa shape index (κ2) is 8.89. The zero-order chi connectivity index (χ0) is 14.2. The Hall–Kier alpha value is -0.120. The molecule has 0 saturated heterocycles. The molecule has 0 aliphatic heterocycles. The fraction of sp³-hybridized carbons (Fsp3) is 1.00. The van der Waals surface area contributed by atoms with Crippen molar-refractivity contribution in [3.05, 3.63) is 0 Å². The standard InChI is InChI=1S/C15H34N2O/c1-7-15(8-2,12-18)11-16-10-14(17(5)6)9-13(3)4/h13-14,16,18H,7-12H2,1-6H3. The van der Waals surface area contributed by atoms with Gasteiger partial charge < -0.3 is 15.3 Å². The van der Waals surface area contributed by atoms with Gasteiger partial charge in [0.1, 0.15) is 0 Å². The molecule has 0 fully saturated rings. The van der Waals surface area contributed by atoms with Crippen LogP contribution in [0.5, 0.6) is 0 Å². The van der Waals surface area contributed by atoms with Crippen molar-refractivity contribution in [3.63, 3.8) is 0 Å². The predicted molar refractivity (Wildman–Crippen MR) is 79.9 cm³/mol. The van der Waals surface area contributed by atoms with Crippen molar-refractivity contribution >= 4 is 0 Å². The molecule has 110 valence electrons. The van der Waals surface area contributed by atoms with Gasteiger partial charge >= 0.3 is 0 Å². The van der Waals surface area contributed by atoms with Crippen LogP contribution in [0, 0.1) is 11.3 Å². The summed E-state index contributed by atoms with van der Waals surface area (Å²) in [7, 11) is 4.29. The van der Waals surface area contributed by atoms with Gasteiger partial charge in [-0.2, -0.15) is 0 Å². The summed E-state index contributed by atoms with van der Waals surface area (Å²) in [4.78, 5) is 2.30. The Labute approximate surface area is 114 Å². The summed E-state index contributed by atoms with van der Waals surface area (Å²) in [5, 5.41) is 13.1. The Kier molecular flexibility index (Phi) is 8.83. The lowest BCUT2D eigenvalue weighted by Crippen LogP contribution is -2.43. The molecule has 0 spiro atoms. The third kappa shape index (κ3) is 6.17. The molecule has 0 bridgehead atoms. The number of nitrogens with zero attached hydrogens (tertiary/aromatic N) is 1. The quantitative estimate of drug-likeness (QED) is 0.631. The van der Waals surface area contributed by atoms with E-state index in [-0.39, 0.29) is 12.0 Å². The molecular formula is C15H34N2O. The third-order valence-corrected chi connectivity index (χ3v) is 4.19. The number of hydrogen-bond acceptors (Lipinski definition) is 3. The summed E-state index contributed by atoms with van der Waals surface area (Å²) >= 11 is 0. The molecule has 0 rings (SSSR count). The number of likely N-dealkylation sites (N-methyl/N-ethyl adjacent to an activating group) is 1. The van der Waals surface area contributed by atoms with E-state index in [1.165, 1.54) is 6.42 Å². The van der Waals surface area contributed by atoms with Gasteiger partial charge in [-0.3, -0.25) is 0 Å². The summed E-state index contributed by atoms with van der Waals surface area (Å²) in [6.07, 6.45) is 3.28. The van der Waals surface area contributed by atoms with Crippen LogP contribution in [0.15, 0.2) is 0 Å². The van der Waals surface area contributed by atoms with Crippen LogP contribution in [0.25, 0.3) is 0 Å². The minimum atomic E-state index is 0.0642.